The minimum Gasteiger partial charge on any atom is -0.364 e. The van der Waals surface area contributed by atoms with Crippen LogP contribution in [0.25, 0.3) is 6.08 Å². The van der Waals surface area contributed by atoms with Gasteiger partial charge in [0.1, 0.15) is 6.73 Å². The summed E-state index contributed by atoms with van der Waals surface area (Å²) in [5, 5.41) is 4.40. The van der Waals surface area contributed by atoms with Gasteiger partial charge in [-0.15, -0.1) is 0 Å². The van der Waals surface area contributed by atoms with E-state index in [-0.39, 0.29) is 17.8 Å². The SMILES string of the molecule is COCn1nc(C(N)=O)c2c1CC(c1ccccc1)(c1ccccc1)C=C2. The molecule has 27 heavy (non-hydrogen) atoms. The number of carbonyl (C=O) groups is 1. The summed E-state index contributed by atoms with van der Waals surface area (Å²) in [6.07, 6.45) is 4.79. The Morgan fingerprint density at radius 1 is 1.11 bits per heavy atom. The summed E-state index contributed by atoms with van der Waals surface area (Å²) in [7, 11) is 1.61. The van der Waals surface area contributed by atoms with Gasteiger partial charge in [-0.25, -0.2) is 4.68 Å². The molecule has 0 unspecified atom stereocenters. The van der Waals surface area contributed by atoms with Gasteiger partial charge in [0, 0.05) is 24.5 Å². The van der Waals surface area contributed by atoms with E-state index in [0.717, 1.165) is 11.3 Å². The van der Waals surface area contributed by atoms with Crippen LogP contribution in [0.5, 0.6) is 0 Å². The predicted molar refractivity (Wildman–Crippen MR) is 104 cm³/mol. The molecule has 5 heteroatoms. The fourth-order valence-corrected chi connectivity index (χ4v) is 3.87. The highest BCUT2D eigenvalue weighted by atomic mass is 16.5. The van der Waals surface area contributed by atoms with Crippen molar-refractivity contribution < 1.29 is 9.53 Å². The van der Waals surface area contributed by atoms with E-state index in [1.54, 1.807) is 11.8 Å². The number of aromatic nitrogens is 2. The first kappa shape index (κ1) is 17.2. The maximum Gasteiger partial charge on any atom is 0.269 e. The lowest BCUT2D eigenvalue weighted by Gasteiger charge is -2.35. The number of nitrogens with two attached hydrogens (primary N) is 1. The molecule has 4 rings (SSSR count). The molecule has 5 nitrogen and oxygen atoms in total. The van der Waals surface area contributed by atoms with Crippen molar-refractivity contribution in [2.75, 3.05) is 7.11 Å². The third kappa shape index (κ3) is 2.86. The van der Waals surface area contributed by atoms with Crippen LogP contribution in [0.2, 0.25) is 0 Å². The fraction of sp³-hybridized carbons (Fsp3) is 0.182. The molecule has 0 radical (unpaired) electrons. The van der Waals surface area contributed by atoms with Gasteiger partial charge in [0.25, 0.3) is 5.91 Å². The molecule has 0 saturated heterocycles. The summed E-state index contributed by atoms with van der Waals surface area (Å²) in [6.45, 7) is 0.267. The van der Waals surface area contributed by atoms with Gasteiger partial charge in [0.05, 0.1) is 5.69 Å². The largest absolute Gasteiger partial charge is 0.364 e. The van der Waals surface area contributed by atoms with Gasteiger partial charge in [-0.05, 0) is 11.1 Å². The van der Waals surface area contributed by atoms with Crippen molar-refractivity contribution >= 4 is 12.0 Å². The Balaban J connectivity index is 1.93. The number of primary amides is 1. The normalized spacial score (nSPS) is 14.7. The second kappa shape index (κ2) is 6.85. The Labute approximate surface area is 158 Å². The number of methoxy groups -OCH3 is 1. The lowest BCUT2D eigenvalue weighted by atomic mass is 9.68. The minimum absolute atomic E-state index is 0.267. The Morgan fingerprint density at radius 2 is 1.70 bits per heavy atom. The number of allylic oxidation sites excluding steroid dienone is 1. The average Bonchev–Trinajstić information content (AvgIpc) is 3.07. The van der Waals surface area contributed by atoms with Crippen LogP contribution in [0, 0.1) is 0 Å². The van der Waals surface area contributed by atoms with Crippen LogP contribution < -0.4 is 5.73 Å². The zero-order valence-electron chi connectivity index (χ0n) is 15.1. The lowest BCUT2D eigenvalue weighted by molar-refractivity contribution is 0.0985. The van der Waals surface area contributed by atoms with Crippen molar-refractivity contribution in [3.63, 3.8) is 0 Å². The molecule has 2 aromatic carbocycles. The number of carbonyl (C=O) groups excluding carboxylic acids is 1. The Kier molecular flexibility index (Phi) is 4.38. The standard InChI is InChI=1S/C22H21N3O2/c1-27-15-25-19-14-22(16-8-4-2-5-9-16,17-10-6-3-7-11-17)13-12-18(19)20(24-25)21(23)26/h2-13H,14-15H2,1H3,(H2,23,26). The van der Waals surface area contributed by atoms with E-state index in [1.807, 2.05) is 42.5 Å². The number of nitrogens with zero attached hydrogens (tertiary/aromatic N) is 2. The highest BCUT2D eigenvalue weighted by Crippen LogP contribution is 2.42. The summed E-state index contributed by atoms with van der Waals surface area (Å²) < 4.78 is 7.03. The molecular formula is C22H21N3O2. The summed E-state index contributed by atoms with van der Waals surface area (Å²) in [5.74, 6) is -0.530. The highest BCUT2D eigenvalue weighted by molar-refractivity contribution is 5.95. The van der Waals surface area contributed by atoms with E-state index >= 15 is 0 Å². The van der Waals surface area contributed by atoms with Crippen LogP contribution in [0.4, 0.5) is 0 Å². The molecule has 1 aliphatic carbocycles. The zero-order chi connectivity index (χ0) is 18.9. The van der Waals surface area contributed by atoms with Crippen LogP contribution in [-0.2, 0) is 23.3 Å². The molecule has 0 fully saturated rings. The van der Waals surface area contributed by atoms with E-state index in [9.17, 15) is 4.79 Å². The van der Waals surface area contributed by atoms with Gasteiger partial charge >= 0.3 is 0 Å². The van der Waals surface area contributed by atoms with Gasteiger partial charge in [0.15, 0.2) is 5.69 Å². The van der Waals surface area contributed by atoms with Crippen LogP contribution in [-0.4, -0.2) is 22.8 Å². The summed E-state index contributed by atoms with van der Waals surface area (Å²) >= 11 is 0. The molecule has 0 atom stereocenters. The molecule has 1 aromatic heterocycles. The number of rotatable bonds is 5. The first-order chi connectivity index (χ1) is 13.2. The van der Waals surface area contributed by atoms with Crippen molar-refractivity contribution in [2.45, 2.75) is 18.6 Å². The second-order valence-corrected chi connectivity index (χ2v) is 6.70. The Hall–Kier alpha value is -3.18. The Bertz CT molecular complexity index is 952. The molecule has 1 aliphatic rings. The zero-order valence-corrected chi connectivity index (χ0v) is 15.1. The third-order valence-corrected chi connectivity index (χ3v) is 5.14. The number of hydrogen-bond donors (Lipinski definition) is 1. The number of amides is 1. The van der Waals surface area contributed by atoms with Gasteiger partial charge in [-0.1, -0.05) is 72.8 Å². The van der Waals surface area contributed by atoms with Gasteiger partial charge in [0.2, 0.25) is 0 Å². The molecule has 0 bridgehead atoms. The summed E-state index contributed by atoms with van der Waals surface area (Å²) in [4.78, 5) is 11.9. The Morgan fingerprint density at radius 3 is 2.22 bits per heavy atom. The first-order valence-corrected chi connectivity index (χ1v) is 8.84. The predicted octanol–water partition coefficient (Wildman–Crippen LogP) is 3.14. The molecule has 0 spiro atoms. The molecule has 0 saturated carbocycles. The molecule has 3 aromatic rings. The third-order valence-electron chi connectivity index (χ3n) is 5.14. The van der Waals surface area contributed by atoms with E-state index < -0.39 is 5.91 Å². The van der Waals surface area contributed by atoms with Crippen LogP contribution in [0.15, 0.2) is 66.7 Å². The minimum atomic E-state index is -0.530. The molecule has 1 amide bonds. The van der Waals surface area contributed by atoms with Crippen molar-refractivity contribution in [2.24, 2.45) is 5.73 Å². The van der Waals surface area contributed by atoms with Gasteiger partial charge in [-0.2, -0.15) is 5.10 Å². The monoisotopic (exact) mass is 359 g/mol. The van der Waals surface area contributed by atoms with Crippen LogP contribution in [0.3, 0.4) is 0 Å². The molecule has 136 valence electrons. The van der Waals surface area contributed by atoms with Crippen molar-refractivity contribution in [3.8, 4) is 0 Å². The van der Waals surface area contributed by atoms with Crippen LogP contribution >= 0.6 is 0 Å². The van der Waals surface area contributed by atoms with Gasteiger partial charge in [-0.3, -0.25) is 4.79 Å². The van der Waals surface area contributed by atoms with E-state index in [4.69, 9.17) is 10.5 Å². The molecule has 2 N–H and O–H groups in total. The van der Waals surface area contributed by atoms with Crippen molar-refractivity contribution in [1.29, 1.82) is 0 Å². The number of fused-ring (bicyclic) bond motifs is 1. The van der Waals surface area contributed by atoms with E-state index in [1.165, 1.54) is 11.1 Å². The number of hydrogen-bond acceptors (Lipinski definition) is 3. The smallest absolute Gasteiger partial charge is 0.269 e. The summed E-state index contributed by atoms with van der Waals surface area (Å²) in [6, 6.07) is 20.7. The van der Waals surface area contributed by atoms with Crippen molar-refractivity contribution in [3.05, 3.63) is 94.8 Å². The quantitative estimate of drug-likeness (QED) is 0.761. The highest BCUT2D eigenvalue weighted by Gasteiger charge is 2.38. The average molecular weight is 359 g/mol. The second-order valence-electron chi connectivity index (χ2n) is 6.70. The maximum absolute atomic E-state index is 11.9. The topological polar surface area (TPSA) is 70.1 Å². The summed E-state index contributed by atoms with van der Waals surface area (Å²) in [5.41, 5.74) is 9.57. The maximum atomic E-state index is 11.9. The fourth-order valence-electron chi connectivity index (χ4n) is 3.87. The van der Waals surface area contributed by atoms with Crippen molar-refractivity contribution in [1.82, 2.24) is 9.78 Å². The first-order valence-electron chi connectivity index (χ1n) is 8.84. The number of benzene rings is 2. The van der Waals surface area contributed by atoms with Gasteiger partial charge < -0.3 is 10.5 Å². The molecule has 1 heterocycles. The number of ether oxygens (including phenoxy) is 1. The van der Waals surface area contributed by atoms with E-state index in [2.05, 4.69) is 35.4 Å². The molecular weight excluding hydrogens is 338 g/mol. The van der Waals surface area contributed by atoms with E-state index in [0.29, 0.717) is 6.42 Å². The van der Waals surface area contributed by atoms with Crippen LogP contribution in [0.1, 0.15) is 32.9 Å². The lowest BCUT2D eigenvalue weighted by Crippen LogP contribution is -2.31. The molecule has 0 aliphatic heterocycles.